The number of aldehydes is 1. The third-order valence-electron chi connectivity index (χ3n) is 1.40. The zero-order valence-corrected chi connectivity index (χ0v) is 6.66. The highest BCUT2D eigenvalue weighted by atomic mass is 16.7. The Morgan fingerprint density at radius 3 is 2.20 bits per heavy atom. The van der Waals surface area contributed by atoms with E-state index in [1.165, 1.54) is 0 Å². The summed E-state index contributed by atoms with van der Waals surface area (Å²) in [5, 5.41) is 0. The fourth-order valence-electron chi connectivity index (χ4n) is 0.824. The Bertz CT molecular complexity index is 88.9. The Morgan fingerprint density at radius 1 is 1.40 bits per heavy atom. The van der Waals surface area contributed by atoms with Gasteiger partial charge >= 0.3 is 0 Å². The summed E-state index contributed by atoms with van der Waals surface area (Å²) in [7, 11) is 3.13. The van der Waals surface area contributed by atoms with Crippen LogP contribution in [0.5, 0.6) is 0 Å². The highest BCUT2D eigenvalue weighted by molar-refractivity contribution is 5.49. The molecule has 0 heterocycles. The Kier molecular flexibility index (Phi) is 5.16. The van der Waals surface area contributed by atoms with Gasteiger partial charge in [0.15, 0.2) is 6.29 Å². The molecule has 0 aromatic rings. The van der Waals surface area contributed by atoms with Crippen molar-refractivity contribution in [3.05, 3.63) is 0 Å². The van der Waals surface area contributed by atoms with Gasteiger partial charge in [-0.25, -0.2) is 0 Å². The molecule has 0 spiro atoms. The van der Waals surface area contributed by atoms with Gasteiger partial charge in [0.25, 0.3) is 0 Å². The minimum Gasteiger partial charge on any atom is -0.356 e. The summed E-state index contributed by atoms with van der Waals surface area (Å²) in [5.74, 6) is 0.132. The van der Waals surface area contributed by atoms with Gasteiger partial charge < -0.3 is 14.3 Å². The monoisotopic (exact) mass is 146 g/mol. The second-order valence-corrected chi connectivity index (χ2v) is 2.22. The summed E-state index contributed by atoms with van der Waals surface area (Å²) >= 11 is 0. The summed E-state index contributed by atoms with van der Waals surface area (Å²) in [4.78, 5) is 10.0. The molecule has 1 atom stereocenters. The number of methoxy groups -OCH3 is 2. The van der Waals surface area contributed by atoms with Crippen molar-refractivity contribution in [2.45, 2.75) is 19.6 Å². The van der Waals surface area contributed by atoms with Crippen LogP contribution in [0, 0.1) is 5.92 Å². The molecule has 10 heavy (non-hydrogen) atoms. The van der Waals surface area contributed by atoms with Gasteiger partial charge in [0, 0.05) is 26.6 Å². The molecular formula is C7H14O3. The number of ether oxygens (including phenoxy) is 2. The van der Waals surface area contributed by atoms with Crippen molar-refractivity contribution in [1.82, 2.24) is 0 Å². The molecule has 0 aromatic carbocycles. The number of hydrogen-bond acceptors (Lipinski definition) is 3. The highest BCUT2D eigenvalue weighted by Gasteiger charge is 2.14. The standard InChI is InChI=1S/C7H14O3/c1-6(4-5-8)7(9-2)10-3/h5-7H,4H2,1-3H3/t6-/m1/s1. The predicted octanol–water partition coefficient (Wildman–Crippen LogP) is 0.830. The van der Waals surface area contributed by atoms with Gasteiger partial charge in [-0.3, -0.25) is 0 Å². The van der Waals surface area contributed by atoms with Crippen molar-refractivity contribution < 1.29 is 14.3 Å². The summed E-state index contributed by atoms with van der Waals surface area (Å²) in [6, 6.07) is 0. The fourth-order valence-corrected chi connectivity index (χ4v) is 0.824. The first kappa shape index (κ1) is 9.59. The summed E-state index contributed by atoms with van der Waals surface area (Å²) in [6.45, 7) is 1.91. The summed E-state index contributed by atoms with van der Waals surface area (Å²) in [6.07, 6.45) is 1.09. The molecular weight excluding hydrogens is 132 g/mol. The van der Waals surface area contributed by atoms with E-state index in [0.717, 1.165) is 6.29 Å². The Balaban J connectivity index is 3.63. The molecule has 60 valence electrons. The lowest BCUT2D eigenvalue weighted by Crippen LogP contribution is -2.22. The molecule has 0 unspecified atom stereocenters. The predicted molar refractivity (Wildman–Crippen MR) is 37.7 cm³/mol. The third-order valence-corrected chi connectivity index (χ3v) is 1.40. The first-order chi connectivity index (χ1) is 4.76. The molecule has 0 saturated heterocycles. The molecule has 0 aliphatic carbocycles. The van der Waals surface area contributed by atoms with Crippen LogP contribution in [0.4, 0.5) is 0 Å². The van der Waals surface area contributed by atoms with E-state index in [1.807, 2.05) is 6.92 Å². The molecule has 0 bridgehead atoms. The van der Waals surface area contributed by atoms with E-state index < -0.39 is 0 Å². The SMILES string of the molecule is COC(OC)[C@H](C)CC=O. The molecule has 0 N–H and O–H groups in total. The van der Waals surface area contributed by atoms with Gasteiger partial charge in [0.2, 0.25) is 0 Å². The second kappa shape index (κ2) is 5.38. The van der Waals surface area contributed by atoms with Crippen LogP contribution in [0.3, 0.4) is 0 Å². The first-order valence-corrected chi connectivity index (χ1v) is 3.25. The zero-order valence-electron chi connectivity index (χ0n) is 6.66. The maximum absolute atomic E-state index is 10.0. The first-order valence-electron chi connectivity index (χ1n) is 3.25. The van der Waals surface area contributed by atoms with Gasteiger partial charge in [0.1, 0.15) is 6.29 Å². The molecule has 0 saturated carbocycles. The number of hydrogen-bond donors (Lipinski definition) is 0. The van der Waals surface area contributed by atoms with E-state index in [-0.39, 0.29) is 12.2 Å². The van der Waals surface area contributed by atoms with E-state index >= 15 is 0 Å². The van der Waals surface area contributed by atoms with Gasteiger partial charge in [-0.15, -0.1) is 0 Å². The van der Waals surface area contributed by atoms with Crippen LogP contribution in [0.25, 0.3) is 0 Å². The zero-order chi connectivity index (χ0) is 7.98. The largest absolute Gasteiger partial charge is 0.356 e. The maximum Gasteiger partial charge on any atom is 0.159 e. The highest BCUT2D eigenvalue weighted by Crippen LogP contribution is 2.09. The van der Waals surface area contributed by atoms with E-state index in [1.54, 1.807) is 14.2 Å². The molecule has 0 aliphatic rings. The van der Waals surface area contributed by atoms with Gasteiger partial charge in [-0.05, 0) is 0 Å². The topological polar surface area (TPSA) is 35.5 Å². The minimum absolute atomic E-state index is 0.132. The van der Waals surface area contributed by atoms with Crippen LogP contribution in [0.1, 0.15) is 13.3 Å². The smallest absolute Gasteiger partial charge is 0.159 e. The van der Waals surface area contributed by atoms with Crippen LogP contribution in [-0.2, 0) is 14.3 Å². The molecule has 0 aliphatic heterocycles. The molecule has 0 radical (unpaired) electrons. The van der Waals surface area contributed by atoms with Crippen LogP contribution < -0.4 is 0 Å². The van der Waals surface area contributed by atoms with E-state index in [4.69, 9.17) is 9.47 Å². The average molecular weight is 146 g/mol. The maximum atomic E-state index is 10.0. The van der Waals surface area contributed by atoms with Crippen molar-refractivity contribution in [3.63, 3.8) is 0 Å². The van der Waals surface area contributed by atoms with E-state index in [2.05, 4.69) is 0 Å². The molecule has 0 amide bonds. The van der Waals surface area contributed by atoms with Crippen LogP contribution in [0.15, 0.2) is 0 Å². The normalized spacial score (nSPS) is 13.6. The molecule has 0 aromatic heterocycles. The molecule has 0 fully saturated rings. The Hall–Kier alpha value is -0.410. The van der Waals surface area contributed by atoms with Gasteiger partial charge in [-0.1, -0.05) is 6.92 Å². The second-order valence-electron chi connectivity index (χ2n) is 2.22. The third kappa shape index (κ3) is 2.94. The Labute approximate surface area is 61.3 Å². The summed E-state index contributed by atoms with van der Waals surface area (Å²) < 4.78 is 9.87. The fraction of sp³-hybridized carbons (Fsp3) is 0.857. The van der Waals surface area contributed by atoms with Crippen LogP contribution in [0.2, 0.25) is 0 Å². The average Bonchev–Trinajstić information content (AvgIpc) is 1.91. The summed E-state index contributed by atoms with van der Waals surface area (Å²) in [5.41, 5.74) is 0. The quantitative estimate of drug-likeness (QED) is 0.425. The van der Waals surface area contributed by atoms with Crippen molar-refractivity contribution in [2.75, 3.05) is 14.2 Å². The van der Waals surface area contributed by atoms with Crippen molar-refractivity contribution in [2.24, 2.45) is 5.92 Å². The van der Waals surface area contributed by atoms with Gasteiger partial charge in [0.05, 0.1) is 0 Å². The van der Waals surface area contributed by atoms with Crippen LogP contribution >= 0.6 is 0 Å². The lowest BCUT2D eigenvalue weighted by atomic mass is 10.1. The Morgan fingerprint density at radius 2 is 1.90 bits per heavy atom. The number of rotatable bonds is 5. The lowest BCUT2D eigenvalue weighted by molar-refractivity contribution is -0.138. The van der Waals surface area contributed by atoms with Crippen molar-refractivity contribution in [1.29, 1.82) is 0 Å². The van der Waals surface area contributed by atoms with Crippen molar-refractivity contribution in [3.8, 4) is 0 Å². The molecule has 3 heteroatoms. The molecule has 0 rings (SSSR count). The minimum atomic E-state index is -0.259. The van der Waals surface area contributed by atoms with Crippen LogP contribution in [-0.4, -0.2) is 26.8 Å². The molecule has 3 nitrogen and oxygen atoms in total. The van der Waals surface area contributed by atoms with Crippen molar-refractivity contribution >= 4 is 6.29 Å². The lowest BCUT2D eigenvalue weighted by Gasteiger charge is -2.18. The number of carbonyl (C=O) groups is 1. The van der Waals surface area contributed by atoms with E-state index in [0.29, 0.717) is 6.42 Å². The number of carbonyl (C=O) groups excluding carboxylic acids is 1. The van der Waals surface area contributed by atoms with E-state index in [9.17, 15) is 4.79 Å². The van der Waals surface area contributed by atoms with Gasteiger partial charge in [-0.2, -0.15) is 0 Å².